The number of rotatable bonds is 4. The number of nitrogens with zero attached hydrogens (tertiary/aromatic N) is 2. The highest BCUT2D eigenvalue weighted by Gasteiger charge is 2.31. The minimum atomic E-state index is -0.536. The Hall–Kier alpha value is -0.870. The van der Waals surface area contributed by atoms with Crippen molar-refractivity contribution in [1.82, 2.24) is 9.78 Å². The van der Waals surface area contributed by atoms with E-state index in [0.29, 0.717) is 6.54 Å². The van der Waals surface area contributed by atoms with Gasteiger partial charge < -0.3 is 10.8 Å². The summed E-state index contributed by atoms with van der Waals surface area (Å²) in [6.45, 7) is 4.50. The average molecular weight is 197 g/mol. The zero-order valence-electron chi connectivity index (χ0n) is 9.07. The second kappa shape index (κ2) is 4.11. The lowest BCUT2D eigenvalue weighted by Gasteiger charge is -2.31. The Morgan fingerprint density at radius 1 is 1.71 bits per heavy atom. The Kier molecular flexibility index (Phi) is 3.29. The lowest BCUT2D eigenvalue weighted by Crippen LogP contribution is -2.33. The summed E-state index contributed by atoms with van der Waals surface area (Å²) >= 11 is 0. The van der Waals surface area contributed by atoms with Crippen molar-refractivity contribution < 1.29 is 5.11 Å². The minimum Gasteiger partial charge on any atom is -0.388 e. The van der Waals surface area contributed by atoms with Crippen LogP contribution in [-0.2, 0) is 7.05 Å². The first-order valence-electron chi connectivity index (χ1n) is 4.90. The fourth-order valence-corrected chi connectivity index (χ4v) is 1.43. The number of aryl methyl sites for hydroxylation is 1. The number of hydrogen-bond acceptors (Lipinski definition) is 3. The molecule has 0 spiro atoms. The van der Waals surface area contributed by atoms with Crippen LogP contribution in [0.5, 0.6) is 0 Å². The van der Waals surface area contributed by atoms with Crippen LogP contribution in [0.25, 0.3) is 0 Å². The fourth-order valence-electron chi connectivity index (χ4n) is 1.43. The monoisotopic (exact) mass is 197 g/mol. The maximum atomic E-state index is 10.1. The van der Waals surface area contributed by atoms with Crippen molar-refractivity contribution >= 4 is 0 Å². The molecule has 1 heterocycles. The summed E-state index contributed by atoms with van der Waals surface area (Å²) in [5.41, 5.74) is 6.25. The van der Waals surface area contributed by atoms with E-state index in [0.717, 1.165) is 12.0 Å². The quantitative estimate of drug-likeness (QED) is 0.751. The zero-order chi connectivity index (χ0) is 10.8. The SMILES string of the molecule is CCC(C)(CN)C(O)c1cnn(C)c1. The van der Waals surface area contributed by atoms with Crippen molar-refractivity contribution in [1.29, 1.82) is 0 Å². The molecule has 1 rings (SSSR count). The van der Waals surface area contributed by atoms with E-state index >= 15 is 0 Å². The summed E-state index contributed by atoms with van der Waals surface area (Å²) < 4.78 is 1.69. The van der Waals surface area contributed by atoms with Crippen molar-refractivity contribution in [2.75, 3.05) is 6.54 Å². The van der Waals surface area contributed by atoms with Crippen molar-refractivity contribution in [3.63, 3.8) is 0 Å². The molecule has 0 fully saturated rings. The van der Waals surface area contributed by atoms with Crippen LogP contribution < -0.4 is 5.73 Å². The molecular formula is C10H19N3O. The van der Waals surface area contributed by atoms with Gasteiger partial charge in [-0.2, -0.15) is 5.10 Å². The van der Waals surface area contributed by atoms with E-state index in [1.54, 1.807) is 10.9 Å². The van der Waals surface area contributed by atoms with Gasteiger partial charge in [0, 0.05) is 30.8 Å². The molecular weight excluding hydrogens is 178 g/mol. The predicted molar refractivity (Wildman–Crippen MR) is 55.6 cm³/mol. The summed E-state index contributed by atoms with van der Waals surface area (Å²) in [6.07, 6.45) is 3.83. The fraction of sp³-hybridized carbons (Fsp3) is 0.700. The highest BCUT2D eigenvalue weighted by molar-refractivity contribution is 5.11. The maximum absolute atomic E-state index is 10.1. The Morgan fingerprint density at radius 2 is 2.36 bits per heavy atom. The maximum Gasteiger partial charge on any atom is 0.0885 e. The largest absolute Gasteiger partial charge is 0.388 e. The summed E-state index contributed by atoms with van der Waals surface area (Å²) in [5.74, 6) is 0. The highest BCUT2D eigenvalue weighted by Crippen LogP contribution is 2.35. The molecule has 0 amide bonds. The van der Waals surface area contributed by atoms with Crippen LogP contribution >= 0.6 is 0 Å². The van der Waals surface area contributed by atoms with Gasteiger partial charge in [0.1, 0.15) is 0 Å². The molecule has 0 aliphatic heterocycles. The van der Waals surface area contributed by atoms with Crippen LogP contribution in [0.1, 0.15) is 31.9 Å². The molecule has 0 bridgehead atoms. The molecule has 0 aliphatic rings. The number of nitrogens with two attached hydrogens (primary N) is 1. The summed E-state index contributed by atoms with van der Waals surface area (Å²) in [5, 5.41) is 14.2. The van der Waals surface area contributed by atoms with Gasteiger partial charge in [-0.05, 0) is 6.42 Å². The first-order chi connectivity index (χ1) is 6.53. The third kappa shape index (κ3) is 1.96. The smallest absolute Gasteiger partial charge is 0.0885 e. The topological polar surface area (TPSA) is 64.1 Å². The number of aromatic nitrogens is 2. The first kappa shape index (κ1) is 11.2. The second-order valence-corrected chi connectivity index (χ2v) is 4.06. The molecule has 4 nitrogen and oxygen atoms in total. The van der Waals surface area contributed by atoms with Gasteiger partial charge in [-0.3, -0.25) is 4.68 Å². The van der Waals surface area contributed by atoms with Gasteiger partial charge >= 0.3 is 0 Å². The lowest BCUT2D eigenvalue weighted by molar-refractivity contribution is 0.0391. The summed E-state index contributed by atoms with van der Waals surface area (Å²) in [7, 11) is 1.84. The van der Waals surface area contributed by atoms with Crippen LogP contribution in [0.4, 0.5) is 0 Å². The summed E-state index contributed by atoms with van der Waals surface area (Å²) in [4.78, 5) is 0. The van der Waals surface area contributed by atoms with E-state index in [2.05, 4.69) is 5.10 Å². The average Bonchev–Trinajstić information content (AvgIpc) is 2.62. The first-order valence-corrected chi connectivity index (χ1v) is 4.90. The third-order valence-corrected chi connectivity index (χ3v) is 2.97. The molecule has 80 valence electrons. The molecule has 3 N–H and O–H groups in total. The molecule has 0 saturated carbocycles. The van der Waals surface area contributed by atoms with E-state index in [-0.39, 0.29) is 5.41 Å². The van der Waals surface area contributed by atoms with Crippen LogP contribution in [0.2, 0.25) is 0 Å². The van der Waals surface area contributed by atoms with E-state index in [1.807, 2.05) is 27.1 Å². The molecule has 4 heteroatoms. The Bertz CT molecular complexity index is 291. The van der Waals surface area contributed by atoms with Crippen LogP contribution in [0.15, 0.2) is 12.4 Å². The van der Waals surface area contributed by atoms with E-state index in [1.165, 1.54) is 0 Å². The van der Waals surface area contributed by atoms with Gasteiger partial charge in [0.2, 0.25) is 0 Å². The van der Waals surface area contributed by atoms with Crippen LogP contribution in [0, 0.1) is 5.41 Å². The van der Waals surface area contributed by atoms with Gasteiger partial charge in [-0.15, -0.1) is 0 Å². The number of hydrogen-bond donors (Lipinski definition) is 2. The van der Waals surface area contributed by atoms with Crippen molar-refractivity contribution in [2.24, 2.45) is 18.2 Å². The number of aliphatic hydroxyl groups is 1. The van der Waals surface area contributed by atoms with E-state index < -0.39 is 6.10 Å². The Labute approximate surface area is 84.7 Å². The Balaban J connectivity index is 2.88. The molecule has 0 radical (unpaired) electrons. The molecule has 14 heavy (non-hydrogen) atoms. The predicted octanol–water partition coefficient (Wildman–Crippen LogP) is 0.828. The van der Waals surface area contributed by atoms with Crippen LogP contribution in [-0.4, -0.2) is 21.4 Å². The molecule has 0 saturated heterocycles. The van der Waals surface area contributed by atoms with Crippen molar-refractivity contribution in [3.05, 3.63) is 18.0 Å². The standard InChI is InChI=1S/C10H19N3O/c1-4-10(2,7-11)9(14)8-5-12-13(3)6-8/h5-6,9,14H,4,7,11H2,1-3H3. The zero-order valence-corrected chi connectivity index (χ0v) is 9.07. The molecule has 0 aliphatic carbocycles. The van der Waals surface area contributed by atoms with Gasteiger partial charge in [-0.25, -0.2) is 0 Å². The van der Waals surface area contributed by atoms with Crippen LogP contribution in [0.3, 0.4) is 0 Å². The highest BCUT2D eigenvalue weighted by atomic mass is 16.3. The molecule has 2 unspecified atom stereocenters. The molecule has 1 aromatic rings. The number of aliphatic hydroxyl groups excluding tert-OH is 1. The Morgan fingerprint density at radius 3 is 2.71 bits per heavy atom. The summed E-state index contributed by atoms with van der Waals surface area (Å²) in [6, 6.07) is 0. The molecule has 1 aromatic heterocycles. The van der Waals surface area contributed by atoms with Gasteiger partial charge in [-0.1, -0.05) is 13.8 Å². The normalized spacial score (nSPS) is 17.8. The minimum absolute atomic E-state index is 0.261. The van der Waals surface area contributed by atoms with Gasteiger partial charge in [0.05, 0.1) is 12.3 Å². The van der Waals surface area contributed by atoms with E-state index in [4.69, 9.17) is 5.73 Å². The van der Waals surface area contributed by atoms with E-state index in [9.17, 15) is 5.11 Å². The van der Waals surface area contributed by atoms with Crippen molar-refractivity contribution in [2.45, 2.75) is 26.4 Å². The lowest BCUT2D eigenvalue weighted by atomic mass is 9.79. The van der Waals surface area contributed by atoms with Gasteiger partial charge in [0.25, 0.3) is 0 Å². The molecule has 0 aromatic carbocycles. The van der Waals surface area contributed by atoms with Crippen molar-refractivity contribution in [3.8, 4) is 0 Å². The third-order valence-electron chi connectivity index (χ3n) is 2.97. The molecule has 2 atom stereocenters. The second-order valence-electron chi connectivity index (χ2n) is 4.06. The van der Waals surface area contributed by atoms with Gasteiger partial charge in [0.15, 0.2) is 0 Å².